The maximum atomic E-state index is 13.3. The van der Waals surface area contributed by atoms with E-state index in [2.05, 4.69) is 4.99 Å². The van der Waals surface area contributed by atoms with Crippen LogP contribution in [0.5, 0.6) is 0 Å². The SMILES string of the molecule is CC(N)=NCCC/C=C(\F)[C@@](C)(N)C(=O)O. The first kappa shape index (κ1) is 14.6. The zero-order valence-electron chi connectivity index (χ0n) is 9.53. The van der Waals surface area contributed by atoms with Gasteiger partial charge in [-0.05, 0) is 26.7 Å². The summed E-state index contributed by atoms with van der Waals surface area (Å²) in [6.07, 6.45) is 2.15. The predicted molar refractivity (Wildman–Crippen MR) is 60.8 cm³/mol. The lowest BCUT2D eigenvalue weighted by Gasteiger charge is -2.16. The van der Waals surface area contributed by atoms with Crippen molar-refractivity contribution in [2.24, 2.45) is 16.5 Å². The highest BCUT2D eigenvalue weighted by atomic mass is 19.1. The number of carboxylic acids is 1. The first-order valence-electron chi connectivity index (χ1n) is 4.93. The van der Waals surface area contributed by atoms with E-state index in [9.17, 15) is 9.18 Å². The molecular weight excluding hydrogens is 213 g/mol. The van der Waals surface area contributed by atoms with Crippen molar-refractivity contribution in [3.63, 3.8) is 0 Å². The third-order valence-electron chi connectivity index (χ3n) is 1.99. The number of amidine groups is 1. The van der Waals surface area contributed by atoms with Crippen LogP contribution in [0.15, 0.2) is 16.9 Å². The van der Waals surface area contributed by atoms with E-state index in [4.69, 9.17) is 16.6 Å². The Morgan fingerprint density at radius 1 is 1.62 bits per heavy atom. The maximum absolute atomic E-state index is 13.3. The second kappa shape index (κ2) is 6.22. The van der Waals surface area contributed by atoms with Crippen LogP contribution < -0.4 is 11.5 Å². The highest BCUT2D eigenvalue weighted by Gasteiger charge is 2.33. The second-order valence-corrected chi connectivity index (χ2v) is 3.72. The number of hydrogen-bond donors (Lipinski definition) is 3. The molecule has 0 spiro atoms. The fourth-order valence-corrected chi connectivity index (χ4v) is 0.890. The van der Waals surface area contributed by atoms with Crippen LogP contribution in [-0.2, 0) is 4.79 Å². The smallest absolute Gasteiger partial charge is 0.330 e. The predicted octanol–water partition coefficient (Wildman–Crippen LogP) is 0.799. The van der Waals surface area contributed by atoms with Crippen LogP contribution in [0.2, 0.25) is 0 Å². The number of hydrogen-bond acceptors (Lipinski definition) is 3. The van der Waals surface area contributed by atoms with Gasteiger partial charge in [-0.15, -0.1) is 0 Å². The molecule has 0 rings (SSSR count). The molecule has 0 bridgehead atoms. The summed E-state index contributed by atoms with van der Waals surface area (Å²) < 4.78 is 13.3. The van der Waals surface area contributed by atoms with E-state index in [1.165, 1.54) is 6.08 Å². The van der Waals surface area contributed by atoms with Gasteiger partial charge >= 0.3 is 5.97 Å². The minimum absolute atomic E-state index is 0.378. The van der Waals surface area contributed by atoms with Crippen LogP contribution in [0.25, 0.3) is 0 Å². The van der Waals surface area contributed by atoms with E-state index in [1.54, 1.807) is 6.92 Å². The molecule has 0 radical (unpaired) electrons. The Labute approximate surface area is 94.0 Å². The third-order valence-corrected chi connectivity index (χ3v) is 1.99. The zero-order valence-corrected chi connectivity index (χ0v) is 9.53. The number of carboxylic acid groups (broad SMARTS) is 1. The molecule has 0 unspecified atom stereocenters. The molecule has 1 atom stereocenters. The molecule has 0 saturated carbocycles. The van der Waals surface area contributed by atoms with Crippen LogP contribution >= 0.6 is 0 Å². The number of nitrogens with two attached hydrogens (primary N) is 2. The van der Waals surface area contributed by atoms with Crippen molar-refractivity contribution in [2.45, 2.75) is 32.2 Å². The van der Waals surface area contributed by atoms with Gasteiger partial charge in [-0.3, -0.25) is 4.99 Å². The van der Waals surface area contributed by atoms with Gasteiger partial charge in [0.25, 0.3) is 0 Å². The number of carbonyl (C=O) groups is 1. The number of nitrogens with zero attached hydrogens (tertiary/aromatic N) is 1. The summed E-state index contributed by atoms with van der Waals surface area (Å²) in [5.41, 5.74) is 8.63. The summed E-state index contributed by atoms with van der Waals surface area (Å²) in [6, 6.07) is 0. The molecular formula is C10H18FN3O2. The lowest BCUT2D eigenvalue weighted by molar-refractivity contribution is -0.141. The van der Waals surface area contributed by atoms with Gasteiger partial charge in [-0.1, -0.05) is 6.08 Å². The Balaban J connectivity index is 4.15. The first-order chi connectivity index (χ1) is 7.28. The summed E-state index contributed by atoms with van der Waals surface area (Å²) >= 11 is 0. The first-order valence-corrected chi connectivity index (χ1v) is 4.93. The normalized spacial score (nSPS) is 17.0. The number of aliphatic imine (C=N–C) groups is 1. The summed E-state index contributed by atoms with van der Waals surface area (Å²) in [6.45, 7) is 3.27. The number of rotatable bonds is 6. The van der Waals surface area contributed by atoms with Gasteiger partial charge in [-0.25, -0.2) is 9.18 Å². The number of unbranched alkanes of at least 4 members (excludes halogenated alkanes) is 1. The molecule has 0 heterocycles. The van der Waals surface area contributed by atoms with E-state index in [1.807, 2.05) is 0 Å². The van der Waals surface area contributed by atoms with Crippen molar-refractivity contribution < 1.29 is 14.3 Å². The summed E-state index contributed by atoms with van der Waals surface area (Å²) in [5.74, 6) is -1.76. The molecule has 0 aromatic rings. The van der Waals surface area contributed by atoms with Crippen molar-refractivity contribution in [2.75, 3.05) is 6.54 Å². The average Bonchev–Trinajstić information content (AvgIpc) is 2.16. The van der Waals surface area contributed by atoms with Gasteiger partial charge in [0, 0.05) is 6.54 Å². The highest BCUT2D eigenvalue weighted by molar-refractivity contribution is 5.81. The van der Waals surface area contributed by atoms with Crippen LogP contribution in [0.3, 0.4) is 0 Å². The van der Waals surface area contributed by atoms with Crippen molar-refractivity contribution in [3.05, 3.63) is 11.9 Å². The lowest BCUT2D eigenvalue weighted by atomic mass is 10.0. The molecule has 5 N–H and O–H groups in total. The van der Waals surface area contributed by atoms with Crippen molar-refractivity contribution in [1.29, 1.82) is 0 Å². The quantitative estimate of drug-likeness (QED) is 0.357. The molecule has 0 amide bonds. The standard InChI is InChI=1S/C10H18FN3O2/c1-7(12)14-6-4-3-5-8(11)10(2,13)9(15)16/h5H,3-4,6,13H2,1-2H3,(H2,12,14)(H,15,16)/b8-5-/t10-/m1/s1. The van der Waals surface area contributed by atoms with Gasteiger partial charge in [0.05, 0.1) is 5.84 Å². The molecule has 0 fully saturated rings. The van der Waals surface area contributed by atoms with Gasteiger partial charge < -0.3 is 16.6 Å². The molecule has 0 aromatic carbocycles. The highest BCUT2D eigenvalue weighted by Crippen LogP contribution is 2.16. The Morgan fingerprint density at radius 2 is 2.19 bits per heavy atom. The molecule has 0 saturated heterocycles. The summed E-state index contributed by atoms with van der Waals surface area (Å²) in [4.78, 5) is 14.5. The number of aliphatic carboxylic acids is 1. The number of allylic oxidation sites excluding steroid dienone is 1. The Morgan fingerprint density at radius 3 is 2.62 bits per heavy atom. The lowest BCUT2D eigenvalue weighted by Crippen LogP contribution is -2.45. The minimum Gasteiger partial charge on any atom is -0.480 e. The molecule has 0 aliphatic carbocycles. The van der Waals surface area contributed by atoms with Crippen LogP contribution in [0, 0.1) is 0 Å². The molecule has 5 nitrogen and oxygen atoms in total. The van der Waals surface area contributed by atoms with Gasteiger partial charge in [0.15, 0.2) is 5.54 Å². The molecule has 6 heteroatoms. The van der Waals surface area contributed by atoms with E-state index < -0.39 is 17.3 Å². The largest absolute Gasteiger partial charge is 0.480 e. The molecule has 16 heavy (non-hydrogen) atoms. The Hall–Kier alpha value is -1.43. The van der Waals surface area contributed by atoms with Crippen molar-refractivity contribution >= 4 is 11.8 Å². The topological polar surface area (TPSA) is 102 Å². The van der Waals surface area contributed by atoms with E-state index in [0.29, 0.717) is 25.2 Å². The fraction of sp³-hybridized carbons (Fsp3) is 0.600. The maximum Gasteiger partial charge on any atom is 0.330 e. The van der Waals surface area contributed by atoms with Gasteiger partial charge in [0.1, 0.15) is 5.83 Å². The molecule has 0 aromatic heterocycles. The average molecular weight is 231 g/mol. The van der Waals surface area contributed by atoms with Gasteiger partial charge in [-0.2, -0.15) is 0 Å². The van der Waals surface area contributed by atoms with Gasteiger partial charge in [0.2, 0.25) is 0 Å². The van der Waals surface area contributed by atoms with E-state index >= 15 is 0 Å². The monoisotopic (exact) mass is 231 g/mol. The Bertz CT molecular complexity index is 307. The Kier molecular flexibility index (Phi) is 5.66. The third kappa shape index (κ3) is 4.88. The zero-order chi connectivity index (χ0) is 12.8. The van der Waals surface area contributed by atoms with Crippen LogP contribution in [0.4, 0.5) is 4.39 Å². The molecule has 92 valence electrons. The minimum atomic E-state index is -1.95. The molecule has 0 aliphatic rings. The van der Waals surface area contributed by atoms with Crippen LogP contribution in [-0.4, -0.2) is 29.0 Å². The van der Waals surface area contributed by atoms with Crippen LogP contribution in [0.1, 0.15) is 26.7 Å². The molecule has 0 aliphatic heterocycles. The van der Waals surface area contributed by atoms with Crippen molar-refractivity contribution in [1.82, 2.24) is 0 Å². The second-order valence-electron chi connectivity index (χ2n) is 3.72. The van der Waals surface area contributed by atoms with E-state index in [-0.39, 0.29) is 0 Å². The summed E-state index contributed by atoms with van der Waals surface area (Å²) in [7, 11) is 0. The van der Waals surface area contributed by atoms with Crippen molar-refractivity contribution in [3.8, 4) is 0 Å². The summed E-state index contributed by atoms with van der Waals surface area (Å²) in [5, 5.41) is 8.64. The number of halogens is 1. The fourth-order valence-electron chi connectivity index (χ4n) is 0.890. The van der Waals surface area contributed by atoms with E-state index in [0.717, 1.165) is 6.92 Å².